The van der Waals surface area contributed by atoms with E-state index in [9.17, 15) is 21.6 Å². The van der Waals surface area contributed by atoms with E-state index in [0.29, 0.717) is 5.69 Å². The van der Waals surface area contributed by atoms with Gasteiger partial charge in [-0.2, -0.15) is 26.6 Å². The predicted molar refractivity (Wildman–Crippen MR) is 72.8 cm³/mol. The molecule has 0 saturated carbocycles. The minimum Gasteiger partial charge on any atom is -0.354 e. The van der Waals surface area contributed by atoms with Gasteiger partial charge in [-0.25, -0.2) is 0 Å². The van der Waals surface area contributed by atoms with Gasteiger partial charge in [-0.1, -0.05) is 13.8 Å². The molecule has 0 fully saturated rings. The molecule has 0 aliphatic heterocycles. The lowest BCUT2D eigenvalue weighted by molar-refractivity contribution is -0.0501. The van der Waals surface area contributed by atoms with Gasteiger partial charge in [0, 0.05) is 12.4 Å². The van der Waals surface area contributed by atoms with Crippen LogP contribution in [0.5, 0.6) is 5.88 Å². The molecule has 120 valence electrons. The Morgan fingerprint density at radius 2 is 1.95 bits per heavy atom. The van der Waals surface area contributed by atoms with Crippen molar-refractivity contribution in [1.82, 2.24) is 15.0 Å². The molecule has 0 bridgehead atoms. The van der Waals surface area contributed by atoms with Crippen LogP contribution in [0.4, 0.5) is 13.2 Å². The predicted octanol–water partition coefficient (Wildman–Crippen LogP) is 2.95. The van der Waals surface area contributed by atoms with Crippen LogP contribution < -0.4 is 4.18 Å². The number of thiazole rings is 1. The molecule has 0 amide bonds. The zero-order valence-corrected chi connectivity index (χ0v) is 13.0. The highest BCUT2D eigenvalue weighted by Crippen LogP contribution is 2.38. The van der Waals surface area contributed by atoms with Crippen molar-refractivity contribution in [2.75, 3.05) is 0 Å². The fraction of sp³-hybridized carbons (Fsp3) is 0.364. The Morgan fingerprint density at radius 3 is 2.45 bits per heavy atom. The van der Waals surface area contributed by atoms with Gasteiger partial charge in [-0.05, 0) is 5.92 Å². The Labute approximate surface area is 128 Å². The van der Waals surface area contributed by atoms with Crippen molar-refractivity contribution in [3.05, 3.63) is 23.5 Å². The number of rotatable bonds is 4. The zero-order chi connectivity index (χ0) is 16.5. The summed E-state index contributed by atoms with van der Waals surface area (Å²) in [4.78, 5) is 11.9. The van der Waals surface area contributed by atoms with E-state index < -0.39 is 21.5 Å². The molecule has 0 aromatic carbocycles. The van der Waals surface area contributed by atoms with Gasteiger partial charge in [0.1, 0.15) is 10.7 Å². The van der Waals surface area contributed by atoms with E-state index in [1.807, 2.05) is 0 Å². The minimum atomic E-state index is -5.77. The third-order valence-electron chi connectivity index (χ3n) is 2.40. The van der Waals surface area contributed by atoms with E-state index in [1.165, 1.54) is 18.6 Å². The number of aromatic nitrogens is 3. The second kappa shape index (κ2) is 5.80. The molecule has 2 heterocycles. The molecule has 2 rings (SSSR count). The highest BCUT2D eigenvalue weighted by atomic mass is 32.2. The topological polar surface area (TPSA) is 82.0 Å². The largest absolute Gasteiger partial charge is 0.534 e. The van der Waals surface area contributed by atoms with E-state index in [1.54, 1.807) is 13.8 Å². The van der Waals surface area contributed by atoms with Gasteiger partial charge in [0.05, 0.1) is 11.1 Å². The normalized spacial score (nSPS) is 12.6. The quantitative estimate of drug-likeness (QED) is 0.621. The van der Waals surface area contributed by atoms with Gasteiger partial charge < -0.3 is 4.18 Å². The van der Waals surface area contributed by atoms with Gasteiger partial charge in [-0.3, -0.25) is 9.97 Å². The van der Waals surface area contributed by atoms with Crippen LogP contribution in [0, 0.1) is 0 Å². The fourth-order valence-electron chi connectivity index (χ4n) is 1.41. The Kier molecular flexibility index (Phi) is 4.38. The average molecular weight is 353 g/mol. The molecule has 0 unspecified atom stereocenters. The number of hydrogen-bond acceptors (Lipinski definition) is 7. The first-order chi connectivity index (χ1) is 10.1. The van der Waals surface area contributed by atoms with Crippen molar-refractivity contribution >= 4 is 21.5 Å². The van der Waals surface area contributed by atoms with Crippen molar-refractivity contribution < 1.29 is 25.8 Å². The Hall–Kier alpha value is -1.75. The summed E-state index contributed by atoms with van der Waals surface area (Å²) >= 11 is 1.00. The molecule has 11 heteroatoms. The Balaban J connectivity index is 2.46. The summed E-state index contributed by atoms with van der Waals surface area (Å²) < 4.78 is 63.7. The lowest BCUT2D eigenvalue weighted by Gasteiger charge is -2.09. The molecule has 0 radical (unpaired) electrons. The van der Waals surface area contributed by atoms with Crippen LogP contribution in [-0.4, -0.2) is 28.9 Å². The fourth-order valence-corrected chi connectivity index (χ4v) is 2.85. The van der Waals surface area contributed by atoms with Crippen molar-refractivity contribution in [3.8, 4) is 16.6 Å². The molecular weight excluding hydrogens is 343 g/mol. The van der Waals surface area contributed by atoms with Gasteiger partial charge in [0.15, 0.2) is 0 Å². The monoisotopic (exact) mass is 353 g/mol. The first kappa shape index (κ1) is 16.6. The van der Waals surface area contributed by atoms with Crippen LogP contribution in [0.15, 0.2) is 18.6 Å². The summed E-state index contributed by atoms with van der Waals surface area (Å²) in [5.74, 6) is -0.862. The summed E-state index contributed by atoms with van der Waals surface area (Å²) in [5.41, 5.74) is -5.20. The molecular formula is C11H10F3N3O3S2. The lowest BCUT2D eigenvalue weighted by Crippen LogP contribution is -2.28. The van der Waals surface area contributed by atoms with Crippen LogP contribution in [0.25, 0.3) is 10.7 Å². The Morgan fingerprint density at radius 1 is 1.27 bits per heavy atom. The molecule has 2 aromatic rings. The maximum Gasteiger partial charge on any atom is 0.534 e. The molecule has 6 nitrogen and oxygen atoms in total. The van der Waals surface area contributed by atoms with Gasteiger partial charge in [0.2, 0.25) is 5.88 Å². The summed E-state index contributed by atoms with van der Waals surface area (Å²) in [6.45, 7) is 3.36. The molecule has 0 spiro atoms. The third-order valence-corrected chi connectivity index (χ3v) is 4.70. The third kappa shape index (κ3) is 3.35. The van der Waals surface area contributed by atoms with Crippen molar-refractivity contribution in [1.29, 1.82) is 0 Å². The van der Waals surface area contributed by atoms with Gasteiger partial charge in [-0.15, -0.1) is 11.3 Å². The van der Waals surface area contributed by atoms with E-state index in [-0.39, 0.29) is 15.8 Å². The van der Waals surface area contributed by atoms with Crippen LogP contribution >= 0.6 is 11.3 Å². The lowest BCUT2D eigenvalue weighted by atomic mass is 10.2. The zero-order valence-electron chi connectivity index (χ0n) is 11.3. The van der Waals surface area contributed by atoms with Crippen LogP contribution in [-0.2, 0) is 10.1 Å². The Bertz CT molecular complexity index is 758. The molecule has 0 atom stereocenters. The molecule has 0 aliphatic rings. The average Bonchev–Trinajstić information content (AvgIpc) is 2.82. The van der Waals surface area contributed by atoms with Crippen LogP contribution in [0.3, 0.4) is 0 Å². The number of hydrogen-bond donors (Lipinski definition) is 0. The second-order valence-electron chi connectivity index (χ2n) is 4.42. The minimum absolute atomic E-state index is 0.226. The number of halogens is 3. The maximum atomic E-state index is 12.4. The summed E-state index contributed by atoms with van der Waals surface area (Å²) in [7, 11) is -5.77. The van der Waals surface area contributed by atoms with E-state index in [2.05, 4.69) is 19.1 Å². The van der Waals surface area contributed by atoms with Crippen LogP contribution in [0.1, 0.15) is 24.6 Å². The molecule has 0 N–H and O–H groups in total. The number of alkyl halides is 3. The summed E-state index contributed by atoms with van der Waals surface area (Å²) in [6.07, 6.45) is 4.18. The van der Waals surface area contributed by atoms with Crippen LogP contribution in [0.2, 0.25) is 0 Å². The number of nitrogens with zero attached hydrogens (tertiary/aromatic N) is 3. The van der Waals surface area contributed by atoms with Gasteiger partial charge >= 0.3 is 15.6 Å². The SMILES string of the molecule is CC(C)c1sc(-c2cnccn2)nc1OS(=O)(=O)C(F)(F)F. The maximum absolute atomic E-state index is 12.4. The first-order valence-corrected chi connectivity index (χ1v) is 8.12. The van der Waals surface area contributed by atoms with Crippen molar-refractivity contribution in [2.45, 2.75) is 25.3 Å². The molecule has 2 aromatic heterocycles. The summed E-state index contributed by atoms with van der Waals surface area (Å²) in [5, 5.41) is 0.226. The standard InChI is InChI=1S/C11H10F3N3O3S2/c1-6(2)8-9(20-22(18,19)11(12,13)14)17-10(21-8)7-5-15-3-4-16-7/h3-6H,1-2H3. The molecule has 0 aliphatic carbocycles. The van der Waals surface area contributed by atoms with E-state index in [4.69, 9.17) is 0 Å². The first-order valence-electron chi connectivity index (χ1n) is 5.89. The smallest absolute Gasteiger partial charge is 0.354 e. The van der Waals surface area contributed by atoms with Crippen molar-refractivity contribution in [3.63, 3.8) is 0 Å². The van der Waals surface area contributed by atoms with Crippen molar-refractivity contribution in [2.24, 2.45) is 0 Å². The molecule has 0 saturated heterocycles. The molecule has 22 heavy (non-hydrogen) atoms. The summed E-state index contributed by atoms with van der Waals surface area (Å²) in [6, 6.07) is 0. The second-order valence-corrected chi connectivity index (χ2v) is 6.99. The highest BCUT2D eigenvalue weighted by molar-refractivity contribution is 7.88. The van der Waals surface area contributed by atoms with E-state index in [0.717, 1.165) is 11.3 Å². The van der Waals surface area contributed by atoms with Gasteiger partial charge in [0.25, 0.3) is 0 Å². The highest BCUT2D eigenvalue weighted by Gasteiger charge is 2.49. The van der Waals surface area contributed by atoms with E-state index >= 15 is 0 Å².